The molecule has 0 aliphatic carbocycles. The Morgan fingerprint density at radius 1 is 1.14 bits per heavy atom. The van der Waals surface area contributed by atoms with Gasteiger partial charge in [-0.05, 0) is 25.2 Å². The molecule has 1 unspecified atom stereocenters. The van der Waals surface area contributed by atoms with Crippen molar-refractivity contribution in [1.29, 1.82) is 0 Å². The van der Waals surface area contributed by atoms with Gasteiger partial charge in [-0.2, -0.15) is 0 Å². The van der Waals surface area contributed by atoms with Gasteiger partial charge in [-0.15, -0.1) is 0 Å². The number of aliphatic hydroxyl groups excluding tert-OH is 1. The number of amides is 2. The number of hydrogen-bond acceptors (Lipinski definition) is 5. The number of carbonyl (C=O) groups is 3. The number of urea groups is 1. The summed E-state index contributed by atoms with van der Waals surface area (Å²) in [6, 6.07) is -1.47. The van der Waals surface area contributed by atoms with Gasteiger partial charge in [0.05, 0.1) is 0 Å². The maximum Gasteiger partial charge on any atom is 0.332 e. The molecular weight excluding hydrogens is 282 g/mol. The molecule has 124 valence electrons. The zero-order valence-electron chi connectivity index (χ0n) is 12.3. The number of carboxylic acids is 2. The summed E-state index contributed by atoms with van der Waals surface area (Å²) in [5, 5.41) is 27.6. The van der Waals surface area contributed by atoms with Crippen LogP contribution in [0.25, 0.3) is 0 Å². The van der Waals surface area contributed by atoms with E-state index in [1.807, 2.05) is 13.8 Å². The molecule has 0 aromatic carbocycles. The zero-order chi connectivity index (χ0) is 17.0. The van der Waals surface area contributed by atoms with Crippen molar-refractivity contribution in [2.75, 3.05) is 6.54 Å². The standard InChI is InChI=1S/C6H13N3O3.C6H12O3/c7-4(5(10)11)2-1-3-9-6(8)12;1-4(2)3-5(7)6(8)9/h4H,1-3,7H2,(H,10,11)(H3,8,9,12);4-5,7H,3H2,1-2H3,(H,8,9)/t4-;/m0./s1. The maximum absolute atomic E-state index is 10.2. The minimum atomic E-state index is -1.19. The monoisotopic (exact) mass is 307 g/mol. The molecule has 0 heterocycles. The fourth-order valence-corrected chi connectivity index (χ4v) is 1.20. The van der Waals surface area contributed by atoms with Gasteiger partial charge in [-0.25, -0.2) is 9.59 Å². The summed E-state index contributed by atoms with van der Waals surface area (Å²) in [5.74, 6) is -1.94. The van der Waals surface area contributed by atoms with Gasteiger partial charge >= 0.3 is 18.0 Å². The van der Waals surface area contributed by atoms with E-state index in [-0.39, 0.29) is 5.92 Å². The van der Waals surface area contributed by atoms with Crippen LogP contribution in [0.15, 0.2) is 0 Å². The first kappa shape index (κ1) is 21.4. The van der Waals surface area contributed by atoms with Crippen molar-refractivity contribution >= 4 is 18.0 Å². The van der Waals surface area contributed by atoms with Crippen LogP contribution in [0, 0.1) is 5.92 Å². The van der Waals surface area contributed by atoms with E-state index in [0.717, 1.165) is 0 Å². The SMILES string of the molecule is CC(C)CC(O)C(=O)O.NC(=O)NCCC[C@H](N)C(=O)O. The van der Waals surface area contributed by atoms with Crippen molar-refractivity contribution in [3.8, 4) is 0 Å². The van der Waals surface area contributed by atoms with Gasteiger partial charge in [0.15, 0.2) is 6.10 Å². The van der Waals surface area contributed by atoms with Crippen molar-refractivity contribution in [2.45, 2.75) is 45.3 Å². The molecule has 9 heteroatoms. The number of nitrogens with two attached hydrogens (primary N) is 2. The van der Waals surface area contributed by atoms with Crippen LogP contribution < -0.4 is 16.8 Å². The predicted molar refractivity (Wildman–Crippen MR) is 75.5 cm³/mol. The van der Waals surface area contributed by atoms with E-state index in [4.69, 9.17) is 26.8 Å². The predicted octanol–water partition coefficient (Wildman–Crippen LogP) is -0.675. The van der Waals surface area contributed by atoms with Crippen LogP contribution in [-0.4, -0.2) is 52.0 Å². The van der Waals surface area contributed by atoms with E-state index < -0.39 is 30.1 Å². The van der Waals surface area contributed by atoms with E-state index in [2.05, 4.69) is 5.32 Å². The lowest BCUT2D eigenvalue weighted by atomic mass is 10.1. The molecule has 0 saturated heterocycles. The summed E-state index contributed by atoms with van der Waals surface area (Å²) in [6.07, 6.45) is -0.0218. The third kappa shape index (κ3) is 16.1. The highest BCUT2D eigenvalue weighted by molar-refractivity contribution is 5.73. The van der Waals surface area contributed by atoms with Gasteiger partial charge in [0.25, 0.3) is 0 Å². The third-order valence-corrected chi connectivity index (χ3v) is 2.29. The number of hydrogen-bond donors (Lipinski definition) is 6. The molecular formula is C12H25N3O6. The minimum Gasteiger partial charge on any atom is -0.480 e. The molecule has 0 aromatic rings. The molecule has 0 rings (SSSR count). The summed E-state index contributed by atoms with van der Waals surface area (Å²) in [6.45, 7) is 4.09. The van der Waals surface area contributed by atoms with Gasteiger partial charge in [-0.3, -0.25) is 4.79 Å². The van der Waals surface area contributed by atoms with E-state index in [9.17, 15) is 14.4 Å². The maximum atomic E-state index is 10.2. The molecule has 9 nitrogen and oxygen atoms in total. The number of primary amides is 1. The van der Waals surface area contributed by atoms with Crippen molar-refractivity contribution in [1.82, 2.24) is 5.32 Å². The number of rotatable bonds is 8. The highest BCUT2D eigenvalue weighted by Crippen LogP contribution is 2.03. The number of carbonyl (C=O) groups excluding carboxylic acids is 1. The molecule has 0 aliphatic rings. The van der Waals surface area contributed by atoms with Crippen LogP contribution >= 0.6 is 0 Å². The lowest BCUT2D eigenvalue weighted by Gasteiger charge is -2.06. The molecule has 2 amide bonds. The van der Waals surface area contributed by atoms with Crippen molar-refractivity contribution < 1.29 is 29.7 Å². The van der Waals surface area contributed by atoms with Crippen molar-refractivity contribution in [3.05, 3.63) is 0 Å². The Bertz CT molecular complexity index is 335. The van der Waals surface area contributed by atoms with Gasteiger partial charge in [0.2, 0.25) is 0 Å². The molecule has 0 bridgehead atoms. The number of aliphatic carboxylic acids is 2. The third-order valence-electron chi connectivity index (χ3n) is 2.29. The smallest absolute Gasteiger partial charge is 0.332 e. The van der Waals surface area contributed by atoms with Gasteiger partial charge in [-0.1, -0.05) is 13.8 Å². The molecule has 0 spiro atoms. The summed E-state index contributed by atoms with van der Waals surface area (Å²) in [5.41, 5.74) is 9.96. The molecule has 8 N–H and O–H groups in total. The highest BCUT2D eigenvalue weighted by atomic mass is 16.4. The van der Waals surface area contributed by atoms with Gasteiger partial charge < -0.3 is 32.1 Å². The van der Waals surface area contributed by atoms with E-state index in [1.54, 1.807) is 0 Å². The zero-order valence-corrected chi connectivity index (χ0v) is 12.3. The summed E-state index contributed by atoms with van der Waals surface area (Å²) in [4.78, 5) is 30.3. The van der Waals surface area contributed by atoms with Crippen LogP contribution in [0.3, 0.4) is 0 Å². The molecule has 0 aromatic heterocycles. The fraction of sp³-hybridized carbons (Fsp3) is 0.750. The van der Waals surface area contributed by atoms with Crippen LogP contribution in [-0.2, 0) is 9.59 Å². The average molecular weight is 307 g/mol. The van der Waals surface area contributed by atoms with Crippen LogP contribution in [0.1, 0.15) is 33.1 Å². The molecule has 0 saturated carbocycles. The van der Waals surface area contributed by atoms with E-state index >= 15 is 0 Å². The number of carboxylic acid groups (broad SMARTS) is 2. The lowest BCUT2D eigenvalue weighted by molar-refractivity contribution is -0.147. The Balaban J connectivity index is 0. The minimum absolute atomic E-state index is 0.232. The Hall–Kier alpha value is -1.87. The van der Waals surface area contributed by atoms with E-state index in [0.29, 0.717) is 25.8 Å². The highest BCUT2D eigenvalue weighted by Gasteiger charge is 2.13. The summed E-state index contributed by atoms with van der Waals surface area (Å²) >= 11 is 0. The Morgan fingerprint density at radius 3 is 1.95 bits per heavy atom. The number of aliphatic hydroxyl groups is 1. The Labute approximate surface area is 123 Å². The largest absolute Gasteiger partial charge is 0.480 e. The second kappa shape index (κ2) is 11.9. The summed E-state index contributed by atoms with van der Waals surface area (Å²) < 4.78 is 0. The second-order valence-electron chi connectivity index (χ2n) is 4.86. The molecule has 0 aliphatic heterocycles. The first-order chi connectivity index (χ1) is 9.57. The summed E-state index contributed by atoms with van der Waals surface area (Å²) in [7, 11) is 0. The quantitative estimate of drug-likeness (QED) is 0.322. The first-order valence-electron chi connectivity index (χ1n) is 6.50. The number of nitrogens with one attached hydrogen (secondary N) is 1. The normalized spacial score (nSPS) is 12.8. The first-order valence-corrected chi connectivity index (χ1v) is 6.50. The second-order valence-corrected chi connectivity index (χ2v) is 4.86. The molecule has 0 fully saturated rings. The topological polar surface area (TPSA) is 176 Å². The lowest BCUT2D eigenvalue weighted by Crippen LogP contribution is -2.33. The average Bonchev–Trinajstić information content (AvgIpc) is 2.33. The van der Waals surface area contributed by atoms with Gasteiger partial charge in [0.1, 0.15) is 6.04 Å². The molecule has 21 heavy (non-hydrogen) atoms. The molecule has 0 radical (unpaired) electrons. The van der Waals surface area contributed by atoms with Crippen LogP contribution in [0.2, 0.25) is 0 Å². The van der Waals surface area contributed by atoms with Crippen LogP contribution in [0.4, 0.5) is 4.79 Å². The Kier molecular flexibility index (Phi) is 12.2. The Morgan fingerprint density at radius 2 is 1.67 bits per heavy atom. The van der Waals surface area contributed by atoms with Crippen LogP contribution in [0.5, 0.6) is 0 Å². The van der Waals surface area contributed by atoms with Crippen molar-refractivity contribution in [2.24, 2.45) is 17.4 Å². The van der Waals surface area contributed by atoms with E-state index in [1.165, 1.54) is 0 Å². The van der Waals surface area contributed by atoms with Gasteiger partial charge in [0, 0.05) is 6.54 Å². The fourth-order valence-electron chi connectivity index (χ4n) is 1.20. The molecule has 2 atom stereocenters. The van der Waals surface area contributed by atoms with Crippen molar-refractivity contribution in [3.63, 3.8) is 0 Å².